The van der Waals surface area contributed by atoms with Gasteiger partial charge in [-0.05, 0) is 28.8 Å². The SMILES string of the molecule is NC(N)=NCc1cc(N)cc(CN=C(N)N)c1CN=C(N)N. The van der Waals surface area contributed by atoms with Crippen LogP contribution in [0.2, 0.25) is 0 Å². The molecule has 0 saturated heterocycles. The molecule has 14 N–H and O–H groups in total. The number of hydrogen-bond acceptors (Lipinski definition) is 4. The van der Waals surface area contributed by atoms with Crippen LogP contribution >= 0.6 is 0 Å². The number of nitrogen functional groups attached to an aromatic ring is 1. The van der Waals surface area contributed by atoms with Crippen LogP contribution in [0.25, 0.3) is 0 Å². The average molecular weight is 306 g/mol. The molecule has 0 unspecified atom stereocenters. The van der Waals surface area contributed by atoms with Crippen molar-refractivity contribution in [2.24, 2.45) is 49.4 Å². The largest absolute Gasteiger partial charge is 0.399 e. The van der Waals surface area contributed by atoms with Gasteiger partial charge in [-0.25, -0.2) is 15.0 Å². The molecule has 0 aliphatic carbocycles. The molecule has 120 valence electrons. The molecule has 22 heavy (non-hydrogen) atoms. The van der Waals surface area contributed by atoms with E-state index in [-0.39, 0.29) is 37.5 Å². The van der Waals surface area contributed by atoms with Gasteiger partial charge in [-0.2, -0.15) is 0 Å². The average Bonchev–Trinajstić information content (AvgIpc) is 2.40. The molecule has 0 atom stereocenters. The quantitative estimate of drug-likeness (QED) is 0.171. The lowest BCUT2D eigenvalue weighted by atomic mass is 9.99. The molecule has 0 heterocycles. The Kier molecular flexibility index (Phi) is 5.81. The van der Waals surface area contributed by atoms with Gasteiger partial charge in [0.1, 0.15) is 0 Å². The molecule has 0 aliphatic heterocycles. The minimum atomic E-state index is -0.0302. The van der Waals surface area contributed by atoms with Gasteiger partial charge >= 0.3 is 0 Å². The summed E-state index contributed by atoms with van der Waals surface area (Å²) in [5.41, 5.74) is 41.0. The van der Waals surface area contributed by atoms with Crippen LogP contribution in [0.3, 0.4) is 0 Å². The fourth-order valence-electron chi connectivity index (χ4n) is 1.83. The molecule has 1 rings (SSSR count). The van der Waals surface area contributed by atoms with Crippen LogP contribution in [0.15, 0.2) is 27.1 Å². The lowest BCUT2D eigenvalue weighted by Gasteiger charge is -2.13. The Morgan fingerprint density at radius 3 is 1.41 bits per heavy atom. The predicted molar refractivity (Wildman–Crippen MR) is 89.4 cm³/mol. The smallest absolute Gasteiger partial charge is 0.186 e. The third kappa shape index (κ3) is 5.45. The highest BCUT2D eigenvalue weighted by atomic mass is 15.0. The van der Waals surface area contributed by atoms with Gasteiger partial charge in [-0.3, -0.25) is 0 Å². The van der Waals surface area contributed by atoms with Gasteiger partial charge in [0.25, 0.3) is 0 Å². The summed E-state index contributed by atoms with van der Waals surface area (Å²) in [5.74, 6) is -0.0839. The van der Waals surface area contributed by atoms with Crippen LogP contribution < -0.4 is 40.1 Å². The van der Waals surface area contributed by atoms with Gasteiger partial charge < -0.3 is 40.1 Å². The third-order valence-corrected chi connectivity index (χ3v) is 2.74. The predicted octanol–water partition coefficient (Wildman–Crippen LogP) is -2.41. The zero-order valence-corrected chi connectivity index (χ0v) is 12.2. The summed E-state index contributed by atoms with van der Waals surface area (Å²) in [6.07, 6.45) is 0. The zero-order chi connectivity index (χ0) is 16.7. The highest BCUT2D eigenvalue weighted by Gasteiger charge is 2.10. The number of guanidine groups is 3. The first-order valence-corrected chi connectivity index (χ1v) is 6.36. The molecule has 0 fully saturated rings. The second kappa shape index (κ2) is 7.57. The number of rotatable bonds is 6. The Hall–Kier alpha value is -3.17. The minimum absolute atomic E-state index is 0.0269. The van der Waals surface area contributed by atoms with E-state index in [1.807, 2.05) is 0 Å². The first kappa shape index (κ1) is 16.9. The molecule has 10 nitrogen and oxygen atoms in total. The Morgan fingerprint density at radius 2 is 1.05 bits per heavy atom. The van der Waals surface area contributed by atoms with E-state index in [4.69, 9.17) is 40.1 Å². The van der Waals surface area contributed by atoms with Crippen molar-refractivity contribution in [3.63, 3.8) is 0 Å². The Bertz CT molecular complexity index is 563. The first-order chi connectivity index (χ1) is 10.3. The molecule has 0 aliphatic rings. The molecule has 1 aromatic rings. The van der Waals surface area contributed by atoms with Crippen molar-refractivity contribution in [1.29, 1.82) is 0 Å². The highest BCUT2D eigenvalue weighted by molar-refractivity contribution is 5.76. The molecule has 0 spiro atoms. The van der Waals surface area contributed by atoms with Crippen molar-refractivity contribution in [2.45, 2.75) is 19.6 Å². The summed E-state index contributed by atoms with van der Waals surface area (Å²) in [4.78, 5) is 12.0. The molecular formula is C12H22N10. The van der Waals surface area contributed by atoms with Gasteiger partial charge in [0.2, 0.25) is 0 Å². The third-order valence-electron chi connectivity index (χ3n) is 2.74. The second-order valence-corrected chi connectivity index (χ2v) is 4.54. The summed E-state index contributed by atoms with van der Waals surface area (Å²) in [6.45, 7) is 0.738. The van der Waals surface area contributed by atoms with Crippen LogP contribution in [-0.4, -0.2) is 17.9 Å². The maximum atomic E-state index is 5.89. The van der Waals surface area contributed by atoms with Crippen LogP contribution in [0.4, 0.5) is 5.69 Å². The van der Waals surface area contributed by atoms with Gasteiger partial charge in [-0.1, -0.05) is 0 Å². The second-order valence-electron chi connectivity index (χ2n) is 4.54. The molecule has 0 saturated carbocycles. The number of nitrogens with two attached hydrogens (primary N) is 7. The summed E-state index contributed by atoms with van der Waals surface area (Å²) in [7, 11) is 0. The van der Waals surface area contributed by atoms with Crippen molar-refractivity contribution in [2.75, 3.05) is 5.73 Å². The van der Waals surface area contributed by atoms with E-state index >= 15 is 0 Å². The van der Waals surface area contributed by atoms with Gasteiger partial charge in [0.05, 0.1) is 19.6 Å². The molecule has 10 heteroatoms. The molecule has 0 aromatic heterocycles. The minimum Gasteiger partial charge on any atom is -0.399 e. The Labute approximate surface area is 128 Å². The van der Waals surface area contributed by atoms with Crippen LogP contribution in [0.5, 0.6) is 0 Å². The highest BCUT2D eigenvalue weighted by Crippen LogP contribution is 2.22. The fourth-order valence-corrected chi connectivity index (χ4v) is 1.83. The van der Waals surface area contributed by atoms with E-state index < -0.39 is 0 Å². The van der Waals surface area contributed by atoms with Crippen molar-refractivity contribution in [1.82, 2.24) is 0 Å². The Morgan fingerprint density at radius 1 is 0.682 bits per heavy atom. The summed E-state index contributed by atoms with van der Waals surface area (Å²) >= 11 is 0. The van der Waals surface area contributed by atoms with Crippen molar-refractivity contribution in [3.05, 3.63) is 28.8 Å². The number of aliphatic imine (C=N–C) groups is 3. The normalized spacial score (nSPS) is 9.82. The molecule has 1 aromatic carbocycles. The molecule has 0 radical (unpaired) electrons. The standard InChI is InChI=1S/C12H22N10/c13-8-1-6(3-20-10(14)15)9(5-22-12(18)19)7(2-8)4-21-11(16)17/h1-2H,3-5,13H2,(H4,14,15,20)(H4,16,17,21)(H4,18,19,22). The molecular weight excluding hydrogens is 284 g/mol. The van der Waals surface area contributed by atoms with Crippen molar-refractivity contribution < 1.29 is 0 Å². The van der Waals surface area contributed by atoms with Crippen LogP contribution in [0.1, 0.15) is 16.7 Å². The van der Waals surface area contributed by atoms with Gasteiger partial charge in [0.15, 0.2) is 17.9 Å². The van der Waals surface area contributed by atoms with Crippen LogP contribution in [-0.2, 0) is 19.6 Å². The van der Waals surface area contributed by atoms with Crippen molar-refractivity contribution in [3.8, 4) is 0 Å². The van der Waals surface area contributed by atoms with E-state index in [9.17, 15) is 0 Å². The van der Waals surface area contributed by atoms with Crippen LogP contribution in [0, 0.1) is 0 Å². The number of benzene rings is 1. The first-order valence-electron chi connectivity index (χ1n) is 6.36. The lowest BCUT2D eigenvalue weighted by Crippen LogP contribution is -2.24. The van der Waals surface area contributed by atoms with Gasteiger partial charge in [0, 0.05) is 5.69 Å². The Balaban J connectivity index is 3.29. The zero-order valence-electron chi connectivity index (χ0n) is 12.2. The topological polar surface area (TPSA) is 219 Å². The monoisotopic (exact) mass is 306 g/mol. The van der Waals surface area contributed by atoms with E-state index in [1.54, 1.807) is 12.1 Å². The number of anilines is 1. The van der Waals surface area contributed by atoms with E-state index in [2.05, 4.69) is 15.0 Å². The maximum absolute atomic E-state index is 5.89. The maximum Gasteiger partial charge on any atom is 0.186 e. The fraction of sp³-hybridized carbons (Fsp3) is 0.250. The number of nitrogens with zero attached hydrogens (tertiary/aromatic N) is 3. The summed E-state index contributed by atoms with van der Waals surface area (Å²) < 4.78 is 0. The molecule has 0 bridgehead atoms. The number of hydrogen-bond donors (Lipinski definition) is 7. The summed E-state index contributed by atoms with van der Waals surface area (Å²) in [6, 6.07) is 3.51. The summed E-state index contributed by atoms with van der Waals surface area (Å²) in [5, 5.41) is 0. The molecule has 0 amide bonds. The van der Waals surface area contributed by atoms with E-state index in [0.717, 1.165) is 16.7 Å². The van der Waals surface area contributed by atoms with E-state index in [0.29, 0.717) is 5.69 Å². The van der Waals surface area contributed by atoms with Crippen molar-refractivity contribution >= 4 is 23.6 Å². The van der Waals surface area contributed by atoms with Gasteiger partial charge in [-0.15, -0.1) is 0 Å². The lowest BCUT2D eigenvalue weighted by molar-refractivity contribution is 0.924. The van der Waals surface area contributed by atoms with E-state index in [1.165, 1.54) is 0 Å².